The second kappa shape index (κ2) is 6.70. The van der Waals surface area contributed by atoms with Crippen molar-refractivity contribution in [2.75, 3.05) is 42.9 Å². The minimum absolute atomic E-state index is 0.699. The van der Waals surface area contributed by atoms with Gasteiger partial charge in [-0.3, -0.25) is 0 Å². The normalized spacial score (nSPS) is 15.9. The molecule has 5 nitrogen and oxygen atoms in total. The van der Waals surface area contributed by atoms with E-state index in [9.17, 15) is 0 Å². The zero-order chi connectivity index (χ0) is 13.7. The van der Waals surface area contributed by atoms with Gasteiger partial charge in [0.05, 0.1) is 0 Å². The monoisotopic (exact) mass is 263 g/mol. The molecular weight excluding hydrogens is 238 g/mol. The van der Waals surface area contributed by atoms with Crippen molar-refractivity contribution >= 4 is 11.8 Å². The average Bonchev–Trinajstić information content (AvgIpc) is 2.39. The molecule has 0 bridgehead atoms. The van der Waals surface area contributed by atoms with Gasteiger partial charge >= 0.3 is 0 Å². The molecule has 0 radical (unpaired) electrons. The lowest BCUT2D eigenvalue weighted by atomic mass is 10.1. The highest BCUT2D eigenvalue weighted by Gasteiger charge is 2.13. The molecule has 1 saturated heterocycles. The molecule has 1 fully saturated rings. The van der Waals surface area contributed by atoms with Crippen LogP contribution in [0.15, 0.2) is 6.07 Å². The minimum atomic E-state index is 0.699. The van der Waals surface area contributed by atoms with Crippen LogP contribution in [-0.4, -0.2) is 42.7 Å². The summed E-state index contributed by atoms with van der Waals surface area (Å²) in [4.78, 5) is 11.4. The zero-order valence-electron chi connectivity index (χ0n) is 12.2. The van der Waals surface area contributed by atoms with Crippen molar-refractivity contribution in [3.8, 4) is 0 Å². The molecule has 0 aromatic carbocycles. The molecule has 0 amide bonds. The first-order valence-electron chi connectivity index (χ1n) is 7.20. The van der Waals surface area contributed by atoms with Crippen LogP contribution in [0.5, 0.6) is 0 Å². The molecule has 106 valence electrons. The third-order valence-electron chi connectivity index (χ3n) is 3.29. The molecule has 0 saturated carbocycles. The summed E-state index contributed by atoms with van der Waals surface area (Å²) in [7, 11) is 0. The van der Waals surface area contributed by atoms with Gasteiger partial charge in [0, 0.05) is 44.5 Å². The van der Waals surface area contributed by atoms with Crippen LogP contribution in [0.2, 0.25) is 0 Å². The minimum Gasteiger partial charge on any atom is -0.354 e. The van der Waals surface area contributed by atoms with Crippen LogP contribution in [0, 0.1) is 12.8 Å². The lowest BCUT2D eigenvalue weighted by molar-refractivity contribution is 0.584. The molecule has 1 aromatic heterocycles. The lowest BCUT2D eigenvalue weighted by Crippen LogP contribution is -2.44. The Hall–Kier alpha value is -1.36. The molecule has 1 aliphatic heterocycles. The summed E-state index contributed by atoms with van der Waals surface area (Å²) in [6, 6.07) is 2.07. The van der Waals surface area contributed by atoms with Crippen LogP contribution in [0.4, 0.5) is 11.8 Å². The number of nitrogens with zero attached hydrogens (tertiary/aromatic N) is 3. The summed E-state index contributed by atoms with van der Waals surface area (Å²) in [5.41, 5.74) is 1.02. The second-order valence-electron chi connectivity index (χ2n) is 5.54. The Kier molecular flexibility index (Phi) is 4.96. The molecule has 1 aliphatic rings. The van der Waals surface area contributed by atoms with Crippen molar-refractivity contribution < 1.29 is 0 Å². The summed E-state index contributed by atoms with van der Waals surface area (Å²) >= 11 is 0. The van der Waals surface area contributed by atoms with Gasteiger partial charge in [-0.1, -0.05) is 13.8 Å². The van der Waals surface area contributed by atoms with E-state index in [4.69, 9.17) is 0 Å². The average molecular weight is 263 g/mol. The third-order valence-corrected chi connectivity index (χ3v) is 3.29. The quantitative estimate of drug-likeness (QED) is 0.846. The van der Waals surface area contributed by atoms with E-state index in [0.29, 0.717) is 5.92 Å². The Morgan fingerprint density at radius 1 is 1.32 bits per heavy atom. The van der Waals surface area contributed by atoms with Gasteiger partial charge < -0.3 is 15.5 Å². The fourth-order valence-electron chi connectivity index (χ4n) is 2.16. The maximum Gasteiger partial charge on any atom is 0.224 e. The summed E-state index contributed by atoms with van der Waals surface area (Å²) in [6.45, 7) is 11.5. The van der Waals surface area contributed by atoms with E-state index in [-0.39, 0.29) is 0 Å². The third kappa shape index (κ3) is 4.35. The summed E-state index contributed by atoms with van der Waals surface area (Å²) in [6.07, 6.45) is 1.14. The number of aromatic nitrogens is 2. The van der Waals surface area contributed by atoms with E-state index in [1.54, 1.807) is 0 Å². The molecule has 0 atom stereocenters. The van der Waals surface area contributed by atoms with Crippen LogP contribution >= 0.6 is 0 Å². The smallest absolute Gasteiger partial charge is 0.224 e. The van der Waals surface area contributed by atoms with E-state index in [1.165, 1.54) is 0 Å². The molecule has 2 rings (SSSR count). The number of hydrogen-bond donors (Lipinski definition) is 2. The highest BCUT2D eigenvalue weighted by Crippen LogP contribution is 2.15. The van der Waals surface area contributed by atoms with E-state index in [2.05, 4.69) is 45.4 Å². The molecule has 5 heteroatoms. The fourth-order valence-corrected chi connectivity index (χ4v) is 2.16. The zero-order valence-corrected chi connectivity index (χ0v) is 12.2. The van der Waals surface area contributed by atoms with Gasteiger partial charge in [-0.15, -0.1) is 0 Å². The first kappa shape index (κ1) is 14.1. The highest BCUT2D eigenvalue weighted by molar-refractivity contribution is 5.45. The van der Waals surface area contributed by atoms with Crippen molar-refractivity contribution in [2.24, 2.45) is 5.92 Å². The first-order chi connectivity index (χ1) is 9.15. The van der Waals surface area contributed by atoms with Crippen LogP contribution < -0.4 is 15.5 Å². The number of anilines is 2. The maximum atomic E-state index is 4.63. The van der Waals surface area contributed by atoms with E-state index in [0.717, 1.165) is 56.6 Å². The molecular formula is C14H25N5. The Bertz CT molecular complexity index is 399. The van der Waals surface area contributed by atoms with Gasteiger partial charge in [0.1, 0.15) is 5.82 Å². The Balaban J connectivity index is 2.01. The van der Waals surface area contributed by atoms with Gasteiger partial charge in [-0.2, -0.15) is 4.98 Å². The SMILES string of the molecule is Cc1cc(N2CCNCC2)nc(NCCC(C)C)n1. The second-order valence-corrected chi connectivity index (χ2v) is 5.54. The maximum absolute atomic E-state index is 4.63. The molecule has 0 unspecified atom stereocenters. The van der Waals surface area contributed by atoms with E-state index < -0.39 is 0 Å². The molecule has 0 aliphatic carbocycles. The molecule has 2 heterocycles. The van der Waals surface area contributed by atoms with Gasteiger partial charge in [-0.05, 0) is 19.3 Å². The molecule has 2 N–H and O–H groups in total. The number of hydrogen-bond acceptors (Lipinski definition) is 5. The van der Waals surface area contributed by atoms with Crippen molar-refractivity contribution in [1.82, 2.24) is 15.3 Å². The Morgan fingerprint density at radius 3 is 2.74 bits per heavy atom. The molecule has 0 spiro atoms. The number of piperazine rings is 1. The van der Waals surface area contributed by atoms with E-state index >= 15 is 0 Å². The summed E-state index contributed by atoms with van der Waals surface area (Å²) in [5, 5.41) is 6.69. The standard InChI is InChI=1S/C14H25N5/c1-11(2)4-5-16-14-17-12(3)10-13(18-14)19-8-6-15-7-9-19/h10-11,15H,4-9H2,1-3H3,(H,16,17,18). The van der Waals surface area contributed by atoms with Gasteiger partial charge in [-0.25, -0.2) is 4.98 Å². The molecule has 1 aromatic rings. The Labute approximate surface area is 115 Å². The first-order valence-corrected chi connectivity index (χ1v) is 7.20. The van der Waals surface area contributed by atoms with Crippen LogP contribution in [0.1, 0.15) is 26.0 Å². The number of nitrogens with one attached hydrogen (secondary N) is 2. The van der Waals surface area contributed by atoms with Gasteiger partial charge in [0.2, 0.25) is 5.95 Å². The largest absolute Gasteiger partial charge is 0.354 e. The van der Waals surface area contributed by atoms with Crippen molar-refractivity contribution in [3.63, 3.8) is 0 Å². The Morgan fingerprint density at radius 2 is 2.05 bits per heavy atom. The van der Waals surface area contributed by atoms with Gasteiger partial charge in [0.25, 0.3) is 0 Å². The van der Waals surface area contributed by atoms with Crippen molar-refractivity contribution in [3.05, 3.63) is 11.8 Å². The van der Waals surface area contributed by atoms with Crippen LogP contribution in [-0.2, 0) is 0 Å². The topological polar surface area (TPSA) is 53.1 Å². The number of rotatable bonds is 5. The van der Waals surface area contributed by atoms with Crippen LogP contribution in [0.3, 0.4) is 0 Å². The highest BCUT2D eigenvalue weighted by atomic mass is 15.3. The number of aryl methyl sites for hydroxylation is 1. The predicted molar refractivity (Wildman–Crippen MR) is 79.8 cm³/mol. The lowest BCUT2D eigenvalue weighted by Gasteiger charge is -2.28. The van der Waals surface area contributed by atoms with E-state index in [1.807, 2.05) is 6.92 Å². The van der Waals surface area contributed by atoms with Crippen molar-refractivity contribution in [1.29, 1.82) is 0 Å². The summed E-state index contributed by atoms with van der Waals surface area (Å²) in [5.74, 6) is 2.50. The predicted octanol–water partition coefficient (Wildman–Crippen LogP) is 1.65. The fraction of sp³-hybridized carbons (Fsp3) is 0.714. The molecule has 19 heavy (non-hydrogen) atoms. The van der Waals surface area contributed by atoms with Gasteiger partial charge in [0.15, 0.2) is 0 Å². The van der Waals surface area contributed by atoms with Crippen LogP contribution in [0.25, 0.3) is 0 Å². The summed E-state index contributed by atoms with van der Waals surface area (Å²) < 4.78 is 0. The van der Waals surface area contributed by atoms with Crippen molar-refractivity contribution in [2.45, 2.75) is 27.2 Å².